The maximum atomic E-state index is 9.40. The van der Waals surface area contributed by atoms with Crippen molar-refractivity contribution in [2.75, 3.05) is 7.11 Å². The summed E-state index contributed by atoms with van der Waals surface area (Å²) in [5, 5.41) is 27.8. The molecule has 5 heteroatoms. The molecule has 1 aliphatic heterocycles. The van der Waals surface area contributed by atoms with Gasteiger partial charge in [-0.1, -0.05) is 0 Å². The summed E-state index contributed by atoms with van der Waals surface area (Å²) in [6.45, 7) is 1.60. The van der Waals surface area contributed by atoms with Crippen molar-refractivity contribution in [3.63, 3.8) is 0 Å². The normalized spacial score (nSPS) is 49.2. The van der Waals surface area contributed by atoms with Crippen LogP contribution in [-0.2, 0) is 9.47 Å². The van der Waals surface area contributed by atoms with Gasteiger partial charge in [0.05, 0.1) is 6.10 Å². The molecule has 0 amide bonds. The van der Waals surface area contributed by atoms with Gasteiger partial charge in [0.1, 0.15) is 18.3 Å². The third kappa shape index (κ3) is 1.60. The van der Waals surface area contributed by atoms with E-state index in [0.717, 1.165) is 0 Å². The highest BCUT2D eigenvalue weighted by molar-refractivity contribution is 4.87. The van der Waals surface area contributed by atoms with E-state index in [1.165, 1.54) is 7.11 Å². The summed E-state index contributed by atoms with van der Waals surface area (Å²) in [4.78, 5) is 0. The van der Waals surface area contributed by atoms with Crippen molar-refractivity contribution in [2.24, 2.45) is 0 Å². The maximum Gasteiger partial charge on any atom is 0.183 e. The zero-order valence-corrected chi connectivity index (χ0v) is 7.04. The van der Waals surface area contributed by atoms with Gasteiger partial charge in [-0.05, 0) is 6.92 Å². The van der Waals surface area contributed by atoms with Gasteiger partial charge in [0, 0.05) is 7.11 Å². The molecule has 1 aliphatic rings. The van der Waals surface area contributed by atoms with Gasteiger partial charge >= 0.3 is 0 Å². The molecule has 0 aromatic rings. The molecule has 0 aliphatic carbocycles. The van der Waals surface area contributed by atoms with Crippen molar-refractivity contribution in [1.82, 2.24) is 0 Å². The fraction of sp³-hybridized carbons (Fsp3) is 1.00. The molecule has 0 aromatic carbocycles. The lowest BCUT2D eigenvalue weighted by Crippen LogP contribution is -2.57. The van der Waals surface area contributed by atoms with E-state index in [1.54, 1.807) is 6.92 Å². The molecule has 0 bridgehead atoms. The molecule has 5 atom stereocenters. The topological polar surface area (TPSA) is 79.2 Å². The van der Waals surface area contributed by atoms with Crippen LogP contribution < -0.4 is 0 Å². The molecule has 1 rings (SSSR count). The number of methoxy groups -OCH3 is 1. The molecule has 12 heavy (non-hydrogen) atoms. The number of aliphatic hydroxyl groups is 3. The molecule has 0 saturated carbocycles. The van der Waals surface area contributed by atoms with Crippen LogP contribution in [0.1, 0.15) is 6.92 Å². The predicted octanol–water partition coefficient (Wildman–Crippen LogP) is -1.54. The fourth-order valence-electron chi connectivity index (χ4n) is 1.29. The van der Waals surface area contributed by atoms with E-state index in [9.17, 15) is 10.2 Å². The smallest absolute Gasteiger partial charge is 0.183 e. The second-order valence-electron chi connectivity index (χ2n) is 2.91. The van der Waals surface area contributed by atoms with Gasteiger partial charge in [0.15, 0.2) is 6.29 Å². The molecule has 1 saturated heterocycles. The van der Waals surface area contributed by atoms with Crippen LogP contribution >= 0.6 is 0 Å². The first-order chi connectivity index (χ1) is 5.57. The minimum Gasteiger partial charge on any atom is -0.388 e. The minimum absolute atomic E-state index is 0.534. The molecule has 1 unspecified atom stereocenters. The standard InChI is InChI=1S/C7H14O5/c1-3-4(8)6(11-2)5(9)7(10)12-3/h3-10H,1-2H3/t3-,4+,5-,6+,7?/m0/s1. The highest BCUT2D eigenvalue weighted by atomic mass is 16.6. The van der Waals surface area contributed by atoms with Gasteiger partial charge in [-0.25, -0.2) is 0 Å². The zero-order chi connectivity index (χ0) is 9.30. The van der Waals surface area contributed by atoms with Gasteiger partial charge in [0.2, 0.25) is 0 Å². The van der Waals surface area contributed by atoms with Gasteiger partial charge in [-0.2, -0.15) is 0 Å². The first-order valence-corrected chi connectivity index (χ1v) is 3.80. The monoisotopic (exact) mass is 178 g/mol. The van der Waals surface area contributed by atoms with Crippen molar-refractivity contribution in [1.29, 1.82) is 0 Å². The molecule has 0 aromatic heterocycles. The Hall–Kier alpha value is -0.200. The van der Waals surface area contributed by atoms with Crippen LogP contribution in [0.4, 0.5) is 0 Å². The van der Waals surface area contributed by atoms with E-state index in [0.29, 0.717) is 0 Å². The first-order valence-electron chi connectivity index (χ1n) is 3.80. The van der Waals surface area contributed by atoms with E-state index in [2.05, 4.69) is 0 Å². The average Bonchev–Trinajstić information content (AvgIpc) is 2.02. The van der Waals surface area contributed by atoms with Gasteiger partial charge < -0.3 is 24.8 Å². The Kier molecular flexibility index (Phi) is 3.03. The largest absolute Gasteiger partial charge is 0.388 e. The highest BCUT2D eigenvalue weighted by Crippen LogP contribution is 2.21. The van der Waals surface area contributed by atoms with E-state index < -0.39 is 30.7 Å². The highest BCUT2D eigenvalue weighted by Gasteiger charge is 2.42. The first kappa shape index (κ1) is 9.88. The Bertz CT molecular complexity index is 137. The SMILES string of the molecule is CO[C@@H]1[C@H](O)[C@H](C)OC(O)[C@H]1O. The second-order valence-corrected chi connectivity index (χ2v) is 2.91. The Labute approximate surface area is 70.5 Å². The number of ether oxygens (including phenoxy) is 2. The van der Waals surface area contributed by atoms with Crippen LogP contribution in [0.25, 0.3) is 0 Å². The molecule has 0 spiro atoms. The summed E-state index contributed by atoms with van der Waals surface area (Å²) in [6, 6.07) is 0. The maximum absolute atomic E-state index is 9.40. The van der Waals surface area contributed by atoms with Crippen LogP contribution in [0.2, 0.25) is 0 Å². The lowest BCUT2D eigenvalue weighted by Gasteiger charge is -2.38. The quantitative estimate of drug-likeness (QED) is 0.453. The molecule has 3 N–H and O–H groups in total. The molecule has 72 valence electrons. The lowest BCUT2D eigenvalue weighted by atomic mass is 10.00. The molecular formula is C7H14O5. The Morgan fingerprint density at radius 1 is 1.17 bits per heavy atom. The molecule has 1 heterocycles. The number of hydrogen-bond acceptors (Lipinski definition) is 5. The third-order valence-corrected chi connectivity index (χ3v) is 2.07. The molecule has 1 fully saturated rings. The second kappa shape index (κ2) is 3.68. The summed E-state index contributed by atoms with van der Waals surface area (Å²) in [5.41, 5.74) is 0. The third-order valence-electron chi connectivity index (χ3n) is 2.07. The fourth-order valence-corrected chi connectivity index (χ4v) is 1.29. The number of hydrogen-bond donors (Lipinski definition) is 3. The molecule has 0 radical (unpaired) electrons. The summed E-state index contributed by atoms with van der Waals surface area (Å²) >= 11 is 0. The van der Waals surface area contributed by atoms with Crippen LogP contribution in [0.3, 0.4) is 0 Å². The lowest BCUT2D eigenvalue weighted by molar-refractivity contribution is -0.282. The van der Waals surface area contributed by atoms with Crippen LogP contribution in [0, 0.1) is 0 Å². The van der Waals surface area contributed by atoms with Crippen LogP contribution in [-0.4, -0.2) is 53.1 Å². The average molecular weight is 178 g/mol. The number of rotatable bonds is 1. The van der Waals surface area contributed by atoms with Crippen molar-refractivity contribution in [3.8, 4) is 0 Å². The Morgan fingerprint density at radius 3 is 2.25 bits per heavy atom. The van der Waals surface area contributed by atoms with Crippen molar-refractivity contribution in [3.05, 3.63) is 0 Å². The van der Waals surface area contributed by atoms with Crippen LogP contribution in [0.5, 0.6) is 0 Å². The van der Waals surface area contributed by atoms with E-state index in [-0.39, 0.29) is 0 Å². The van der Waals surface area contributed by atoms with Gasteiger partial charge in [-0.15, -0.1) is 0 Å². The predicted molar refractivity (Wildman–Crippen MR) is 39.4 cm³/mol. The summed E-state index contributed by atoms with van der Waals surface area (Å²) in [5.74, 6) is 0. The van der Waals surface area contributed by atoms with E-state index in [4.69, 9.17) is 14.6 Å². The van der Waals surface area contributed by atoms with Crippen molar-refractivity contribution < 1.29 is 24.8 Å². The van der Waals surface area contributed by atoms with Crippen molar-refractivity contribution in [2.45, 2.75) is 37.6 Å². The Balaban J connectivity index is 2.67. The summed E-state index contributed by atoms with van der Waals surface area (Å²) < 4.78 is 9.63. The Morgan fingerprint density at radius 2 is 1.75 bits per heavy atom. The summed E-state index contributed by atoms with van der Waals surface area (Å²) in [6.07, 6.45) is -4.71. The minimum atomic E-state index is -1.28. The van der Waals surface area contributed by atoms with Gasteiger partial charge in [-0.3, -0.25) is 0 Å². The zero-order valence-electron chi connectivity index (χ0n) is 7.04. The molecule has 5 nitrogen and oxygen atoms in total. The van der Waals surface area contributed by atoms with Crippen LogP contribution in [0.15, 0.2) is 0 Å². The summed E-state index contributed by atoms with van der Waals surface area (Å²) in [7, 11) is 1.36. The van der Waals surface area contributed by atoms with Crippen molar-refractivity contribution >= 4 is 0 Å². The number of aliphatic hydroxyl groups excluding tert-OH is 3. The molecular weight excluding hydrogens is 164 g/mol. The van der Waals surface area contributed by atoms with E-state index >= 15 is 0 Å². The van der Waals surface area contributed by atoms with Gasteiger partial charge in [0.25, 0.3) is 0 Å². The van der Waals surface area contributed by atoms with E-state index in [1.807, 2.05) is 0 Å².